The highest BCUT2D eigenvalue weighted by Gasteiger charge is 2.27. The van der Waals surface area contributed by atoms with Crippen molar-refractivity contribution in [2.24, 2.45) is 5.92 Å². The molecule has 2 saturated heterocycles. The Morgan fingerprint density at radius 2 is 2.00 bits per heavy atom. The van der Waals surface area contributed by atoms with Crippen molar-refractivity contribution < 1.29 is 14.3 Å². The van der Waals surface area contributed by atoms with Crippen molar-refractivity contribution in [3.63, 3.8) is 0 Å². The van der Waals surface area contributed by atoms with Crippen LogP contribution in [0.2, 0.25) is 0 Å². The summed E-state index contributed by atoms with van der Waals surface area (Å²) < 4.78 is 7.06. The topological polar surface area (TPSA) is 92.1 Å². The Labute approximate surface area is 202 Å². The Morgan fingerprint density at radius 1 is 1.21 bits per heavy atom. The minimum Gasteiger partial charge on any atom is -0.497 e. The van der Waals surface area contributed by atoms with Gasteiger partial charge in [-0.1, -0.05) is 11.3 Å². The molecule has 0 bridgehead atoms. The van der Waals surface area contributed by atoms with Crippen LogP contribution < -0.4 is 15.0 Å². The maximum Gasteiger partial charge on any atom is 0.223 e. The minimum absolute atomic E-state index is 0.0374. The number of aromatic nitrogens is 3. The van der Waals surface area contributed by atoms with Crippen LogP contribution >= 0.6 is 11.3 Å². The summed E-state index contributed by atoms with van der Waals surface area (Å²) in [5.74, 6) is 1.23. The largest absolute Gasteiger partial charge is 0.497 e. The van der Waals surface area contributed by atoms with Crippen LogP contribution in [0, 0.1) is 5.92 Å². The first-order chi connectivity index (χ1) is 16.6. The van der Waals surface area contributed by atoms with E-state index in [1.165, 1.54) is 0 Å². The summed E-state index contributed by atoms with van der Waals surface area (Å²) in [5, 5.41) is 8.74. The molecule has 9 nitrogen and oxygen atoms in total. The first-order valence-corrected chi connectivity index (χ1v) is 12.7. The molecule has 2 aliphatic rings. The van der Waals surface area contributed by atoms with Gasteiger partial charge < -0.3 is 19.9 Å². The minimum atomic E-state index is 0.0374. The number of methoxy groups -OCH3 is 1. The maximum atomic E-state index is 12.6. The second-order valence-electron chi connectivity index (χ2n) is 8.86. The number of anilines is 1. The molecule has 34 heavy (non-hydrogen) atoms. The number of fused-ring (bicyclic) bond motifs is 1. The molecule has 2 fully saturated rings. The normalized spacial score (nSPS) is 17.0. The van der Waals surface area contributed by atoms with Gasteiger partial charge >= 0.3 is 0 Å². The number of nitrogens with one attached hydrogen (secondary N) is 1. The van der Waals surface area contributed by atoms with Crippen LogP contribution in [0.15, 0.2) is 30.5 Å². The summed E-state index contributed by atoms with van der Waals surface area (Å²) in [4.78, 5) is 34.0. The van der Waals surface area contributed by atoms with Gasteiger partial charge in [0.2, 0.25) is 21.9 Å². The van der Waals surface area contributed by atoms with E-state index in [-0.39, 0.29) is 17.7 Å². The molecule has 0 radical (unpaired) electrons. The van der Waals surface area contributed by atoms with E-state index in [2.05, 4.69) is 10.2 Å². The standard InChI is InChI=1S/C24H30N6O3S/c1-33-19-7-5-17(6-8-19)20-16-30-23(26-20)34-24(27-30)29-14-9-18(10-15-29)22(32)25-11-3-13-28-12-2-4-21(28)31/h5-8,16,18H,2-4,9-15H2,1H3,(H,25,32). The fourth-order valence-electron chi connectivity index (χ4n) is 4.62. The molecule has 180 valence electrons. The molecule has 2 aliphatic heterocycles. The third kappa shape index (κ3) is 4.86. The lowest BCUT2D eigenvalue weighted by atomic mass is 9.96. The molecule has 5 rings (SSSR count). The van der Waals surface area contributed by atoms with Gasteiger partial charge in [-0.15, -0.1) is 5.10 Å². The average molecular weight is 483 g/mol. The van der Waals surface area contributed by atoms with Crippen LogP contribution in [-0.2, 0) is 9.59 Å². The maximum absolute atomic E-state index is 12.6. The fraction of sp³-hybridized carbons (Fsp3) is 0.500. The van der Waals surface area contributed by atoms with Crippen molar-refractivity contribution in [1.29, 1.82) is 0 Å². The van der Waals surface area contributed by atoms with E-state index in [0.717, 1.165) is 79.0 Å². The molecule has 0 spiro atoms. The second kappa shape index (κ2) is 10.0. The van der Waals surface area contributed by atoms with E-state index < -0.39 is 0 Å². The van der Waals surface area contributed by atoms with E-state index in [4.69, 9.17) is 14.8 Å². The lowest BCUT2D eigenvalue weighted by Gasteiger charge is -2.30. The number of imidazole rings is 1. The van der Waals surface area contributed by atoms with Crippen molar-refractivity contribution in [2.45, 2.75) is 32.1 Å². The van der Waals surface area contributed by atoms with Crippen molar-refractivity contribution >= 4 is 33.2 Å². The smallest absolute Gasteiger partial charge is 0.223 e. The number of hydrogen-bond donors (Lipinski definition) is 1. The molecule has 1 aromatic carbocycles. The van der Waals surface area contributed by atoms with Crippen LogP contribution in [0.25, 0.3) is 16.2 Å². The van der Waals surface area contributed by atoms with Gasteiger partial charge in [-0.2, -0.15) is 0 Å². The summed E-state index contributed by atoms with van der Waals surface area (Å²) in [6.07, 6.45) is 6.02. The lowest BCUT2D eigenvalue weighted by molar-refractivity contribution is -0.127. The van der Waals surface area contributed by atoms with Gasteiger partial charge in [-0.25, -0.2) is 9.50 Å². The zero-order chi connectivity index (χ0) is 23.5. The summed E-state index contributed by atoms with van der Waals surface area (Å²) in [5.41, 5.74) is 1.91. The number of ether oxygens (including phenoxy) is 1. The zero-order valence-electron chi connectivity index (χ0n) is 19.4. The molecule has 0 atom stereocenters. The van der Waals surface area contributed by atoms with Crippen LogP contribution in [0.4, 0.5) is 5.13 Å². The number of rotatable bonds is 8. The van der Waals surface area contributed by atoms with Crippen LogP contribution in [0.3, 0.4) is 0 Å². The number of likely N-dealkylation sites (tertiary alicyclic amines) is 1. The van der Waals surface area contributed by atoms with Crippen LogP contribution in [0.5, 0.6) is 5.75 Å². The van der Waals surface area contributed by atoms with Crippen molar-refractivity contribution in [3.05, 3.63) is 30.5 Å². The first-order valence-electron chi connectivity index (χ1n) is 11.9. The van der Waals surface area contributed by atoms with Gasteiger partial charge in [0.15, 0.2) is 0 Å². The number of carbonyl (C=O) groups excluding carboxylic acids is 2. The highest BCUT2D eigenvalue weighted by Crippen LogP contribution is 2.30. The molecule has 0 unspecified atom stereocenters. The molecule has 3 aromatic rings. The van der Waals surface area contributed by atoms with Gasteiger partial charge in [0.1, 0.15) is 5.75 Å². The molecule has 10 heteroatoms. The molecule has 0 aliphatic carbocycles. The third-order valence-corrected chi connectivity index (χ3v) is 7.61. The Kier molecular flexibility index (Phi) is 6.66. The highest BCUT2D eigenvalue weighted by atomic mass is 32.1. The van der Waals surface area contributed by atoms with Gasteiger partial charge in [0, 0.05) is 50.6 Å². The van der Waals surface area contributed by atoms with E-state index in [9.17, 15) is 9.59 Å². The summed E-state index contributed by atoms with van der Waals surface area (Å²) in [7, 11) is 1.66. The van der Waals surface area contributed by atoms with E-state index in [0.29, 0.717) is 13.0 Å². The third-order valence-electron chi connectivity index (χ3n) is 6.63. The van der Waals surface area contributed by atoms with Crippen molar-refractivity contribution in [3.8, 4) is 17.0 Å². The first kappa shape index (κ1) is 22.6. The average Bonchev–Trinajstić information content (AvgIpc) is 3.57. The van der Waals surface area contributed by atoms with Gasteiger partial charge in [0.25, 0.3) is 0 Å². The number of carbonyl (C=O) groups is 2. The van der Waals surface area contributed by atoms with Gasteiger partial charge in [-0.05, 0) is 49.9 Å². The van der Waals surface area contributed by atoms with Gasteiger partial charge in [-0.3, -0.25) is 9.59 Å². The summed E-state index contributed by atoms with van der Waals surface area (Å²) in [6, 6.07) is 7.84. The zero-order valence-corrected chi connectivity index (χ0v) is 20.2. The molecule has 2 aromatic heterocycles. The van der Waals surface area contributed by atoms with Gasteiger partial charge in [0.05, 0.1) is 19.0 Å². The number of amides is 2. The molecule has 1 N–H and O–H groups in total. The van der Waals surface area contributed by atoms with Crippen molar-refractivity contribution in [1.82, 2.24) is 24.8 Å². The number of piperidine rings is 1. The Hall–Kier alpha value is -3.14. The number of nitrogens with zero attached hydrogens (tertiary/aromatic N) is 5. The quantitative estimate of drug-likeness (QED) is 0.497. The lowest BCUT2D eigenvalue weighted by Crippen LogP contribution is -2.41. The molecular weight excluding hydrogens is 452 g/mol. The summed E-state index contributed by atoms with van der Waals surface area (Å²) >= 11 is 1.57. The van der Waals surface area contributed by atoms with Crippen LogP contribution in [-0.4, -0.2) is 71.1 Å². The molecule has 4 heterocycles. The fourth-order valence-corrected chi connectivity index (χ4v) is 5.55. The Morgan fingerprint density at radius 3 is 2.68 bits per heavy atom. The number of hydrogen-bond acceptors (Lipinski definition) is 7. The monoisotopic (exact) mass is 482 g/mol. The Bertz CT molecular complexity index is 1120. The van der Waals surface area contributed by atoms with E-state index in [1.807, 2.05) is 39.9 Å². The Balaban J connectivity index is 1.10. The van der Waals surface area contributed by atoms with E-state index >= 15 is 0 Å². The van der Waals surface area contributed by atoms with Crippen molar-refractivity contribution in [2.75, 3.05) is 44.7 Å². The predicted octanol–water partition coefficient (Wildman–Crippen LogP) is 2.81. The molecule has 0 saturated carbocycles. The SMILES string of the molecule is COc1ccc(-c2cn3nc(N4CCC(C(=O)NCCCN5CCCC5=O)CC4)sc3n2)cc1. The number of benzene rings is 1. The van der Waals surface area contributed by atoms with E-state index in [1.54, 1.807) is 18.4 Å². The second-order valence-corrected chi connectivity index (χ2v) is 9.79. The molecular formula is C24H30N6O3S. The highest BCUT2D eigenvalue weighted by molar-refractivity contribution is 7.20. The molecule has 2 amide bonds. The predicted molar refractivity (Wildman–Crippen MR) is 131 cm³/mol. The summed E-state index contributed by atoms with van der Waals surface area (Å²) in [6.45, 7) is 3.84. The van der Waals surface area contributed by atoms with Crippen LogP contribution in [0.1, 0.15) is 32.1 Å².